The molecule has 3 aromatic rings. The largest absolute Gasteiger partial charge is 0.482 e. The second kappa shape index (κ2) is 11.6. The molecular formula is C27H21ClF3N3O3. The minimum atomic E-state index is -4.57. The van der Waals surface area contributed by atoms with Gasteiger partial charge in [-0.25, -0.2) is 0 Å². The van der Waals surface area contributed by atoms with E-state index in [-0.39, 0.29) is 34.5 Å². The summed E-state index contributed by atoms with van der Waals surface area (Å²) < 4.78 is 44.2. The van der Waals surface area contributed by atoms with E-state index in [9.17, 15) is 28.0 Å². The zero-order chi connectivity index (χ0) is 27.2. The van der Waals surface area contributed by atoms with E-state index in [1.165, 1.54) is 30.3 Å². The first-order valence-electron chi connectivity index (χ1n) is 10.9. The fraction of sp³-hybridized carbons (Fsp3) is 0.148. The Morgan fingerprint density at radius 3 is 2.46 bits per heavy atom. The van der Waals surface area contributed by atoms with Gasteiger partial charge in [0.15, 0.2) is 6.61 Å². The fourth-order valence-electron chi connectivity index (χ4n) is 3.29. The number of hydrogen-bond donors (Lipinski definition) is 2. The van der Waals surface area contributed by atoms with Crippen LogP contribution in [0.2, 0.25) is 5.02 Å². The smallest absolute Gasteiger partial charge is 0.416 e. The number of nitrogens with one attached hydrogen (secondary N) is 2. The average molecular weight is 528 g/mol. The molecule has 10 heteroatoms. The van der Waals surface area contributed by atoms with Gasteiger partial charge in [0.05, 0.1) is 10.6 Å². The molecule has 37 heavy (non-hydrogen) atoms. The van der Waals surface area contributed by atoms with Crippen molar-refractivity contribution in [1.29, 1.82) is 5.26 Å². The molecule has 0 spiro atoms. The normalized spacial score (nSPS) is 11.4. The number of anilines is 2. The van der Waals surface area contributed by atoms with E-state index in [0.29, 0.717) is 11.3 Å². The Kier molecular flexibility index (Phi) is 8.58. The Labute approximate surface area is 216 Å². The van der Waals surface area contributed by atoms with E-state index >= 15 is 0 Å². The SMILES string of the molecule is Cc1ccc(NC(=O)COc2ccc(/C=C(\C#N)C(=O)Nc3cccc(C(F)(F)F)c3)cc2Cl)c(C)c1. The highest BCUT2D eigenvalue weighted by atomic mass is 35.5. The summed E-state index contributed by atoms with van der Waals surface area (Å²) in [7, 11) is 0. The second-order valence-corrected chi connectivity index (χ2v) is 8.45. The van der Waals surface area contributed by atoms with E-state index in [1.54, 1.807) is 12.1 Å². The van der Waals surface area contributed by atoms with Crippen molar-refractivity contribution in [2.45, 2.75) is 20.0 Å². The molecule has 0 heterocycles. The maximum Gasteiger partial charge on any atom is 0.416 e. The van der Waals surface area contributed by atoms with Crippen LogP contribution in [0.1, 0.15) is 22.3 Å². The summed E-state index contributed by atoms with van der Waals surface area (Å²) in [6.07, 6.45) is -3.35. The number of alkyl halides is 3. The number of ether oxygens (including phenoxy) is 1. The van der Waals surface area contributed by atoms with Crippen molar-refractivity contribution < 1.29 is 27.5 Å². The van der Waals surface area contributed by atoms with Gasteiger partial charge in [0.2, 0.25) is 0 Å². The molecule has 2 amide bonds. The van der Waals surface area contributed by atoms with Crippen LogP contribution < -0.4 is 15.4 Å². The van der Waals surface area contributed by atoms with Gasteiger partial charge in [-0.2, -0.15) is 18.4 Å². The van der Waals surface area contributed by atoms with Crippen LogP contribution in [0, 0.1) is 25.2 Å². The number of halogens is 4. The van der Waals surface area contributed by atoms with Gasteiger partial charge in [0.1, 0.15) is 17.4 Å². The third-order valence-electron chi connectivity index (χ3n) is 5.09. The minimum absolute atomic E-state index is 0.109. The summed E-state index contributed by atoms with van der Waals surface area (Å²) in [5.74, 6) is -1.06. The Morgan fingerprint density at radius 2 is 1.81 bits per heavy atom. The van der Waals surface area contributed by atoms with Gasteiger partial charge in [-0.1, -0.05) is 41.4 Å². The lowest BCUT2D eigenvalue weighted by Crippen LogP contribution is -2.20. The van der Waals surface area contributed by atoms with Crippen molar-refractivity contribution in [1.82, 2.24) is 0 Å². The number of amides is 2. The molecule has 0 saturated carbocycles. The predicted molar refractivity (Wildman–Crippen MR) is 135 cm³/mol. The van der Waals surface area contributed by atoms with Crippen molar-refractivity contribution in [2.24, 2.45) is 0 Å². The molecule has 3 rings (SSSR count). The molecule has 0 radical (unpaired) electrons. The summed E-state index contributed by atoms with van der Waals surface area (Å²) >= 11 is 6.24. The number of carbonyl (C=O) groups excluding carboxylic acids is 2. The van der Waals surface area contributed by atoms with Crippen LogP contribution in [0.5, 0.6) is 5.75 Å². The van der Waals surface area contributed by atoms with Crippen LogP contribution in [0.15, 0.2) is 66.2 Å². The highest BCUT2D eigenvalue weighted by molar-refractivity contribution is 6.32. The molecule has 190 valence electrons. The molecule has 0 bridgehead atoms. The van der Waals surface area contributed by atoms with Crippen LogP contribution in [0.4, 0.5) is 24.5 Å². The third kappa shape index (κ3) is 7.59. The topological polar surface area (TPSA) is 91.2 Å². The zero-order valence-electron chi connectivity index (χ0n) is 19.7. The van der Waals surface area contributed by atoms with Crippen LogP contribution in [-0.4, -0.2) is 18.4 Å². The Balaban J connectivity index is 1.65. The molecule has 0 aliphatic carbocycles. The number of nitrogens with zero attached hydrogens (tertiary/aromatic N) is 1. The van der Waals surface area contributed by atoms with Crippen LogP contribution in [0.3, 0.4) is 0 Å². The third-order valence-corrected chi connectivity index (χ3v) is 5.39. The van der Waals surface area contributed by atoms with E-state index in [1.807, 2.05) is 26.0 Å². The maximum atomic E-state index is 12.9. The van der Waals surface area contributed by atoms with Gasteiger partial charge in [-0.15, -0.1) is 0 Å². The predicted octanol–water partition coefficient (Wildman–Crippen LogP) is 6.54. The van der Waals surface area contributed by atoms with Crippen molar-refractivity contribution in [3.8, 4) is 11.8 Å². The van der Waals surface area contributed by atoms with Crippen molar-refractivity contribution in [2.75, 3.05) is 17.2 Å². The van der Waals surface area contributed by atoms with Crippen molar-refractivity contribution >= 4 is 40.9 Å². The summed E-state index contributed by atoms with van der Waals surface area (Å²) in [4.78, 5) is 24.7. The van der Waals surface area contributed by atoms with Crippen LogP contribution in [-0.2, 0) is 15.8 Å². The molecule has 0 atom stereocenters. The Hall–Kier alpha value is -4.29. The summed E-state index contributed by atoms with van der Waals surface area (Å²) in [5.41, 5.74) is 1.62. The lowest BCUT2D eigenvalue weighted by Gasteiger charge is -2.11. The number of aryl methyl sites for hydroxylation is 2. The number of rotatable bonds is 7. The maximum absolute atomic E-state index is 12.9. The number of nitriles is 1. The van der Waals surface area contributed by atoms with Gasteiger partial charge in [-0.05, 0) is 67.4 Å². The number of benzene rings is 3. The quantitative estimate of drug-likeness (QED) is 0.269. The molecule has 6 nitrogen and oxygen atoms in total. The van der Waals surface area contributed by atoms with Crippen molar-refractivity contribution in [3.05, 3.63) is 93.5 Å². The lowest BCUT2D eigenvalue weighted by molar-refractivity contribution is -0.137. The van der Waals surface area contributed by atoms with Crippen LogP contribution in [0.25, 0.3) is 6.08 Å². The molecular weight excluding hydrogens is 507 g/mol. The molecule has 2 N–H and O–H groups in total. The molecule has 0 aliphatic rings. The zero-order valence-corrected chi connectivity index (χ0v) is 20.5. The average Bonchev–Trinajstić information content (AvgIpc) is 2.83. The second-order valence-electron chi connectivity index (χ2n) is 8.05. The molecule has 0 unspecified atom stereocenters. The Morgan fingerprint density at radius 1 is 1.05 bits per heavy atom. The highest BCUT2D eigenvalue weighted by Crippen LogP contribution is 2.31. The first-order chi connectivity index (χ1) is 17.5. The first kappa shape index (κ1) is 27.3. The Bertz CT molecular complexity index is 1410. The molecule has 0 aromatic heterocycles. The van der Waals surface area contributed by atoms with E-state index in [4.69, 9.17) is 16.3 Å². The van der Waals surface area contributed by atoms with Gasteiger partial charge in [0.25, 0.3) is 11.8 Å². The van der Waals surface area contributed by atoms with Crippen molar-refractivity contribution in [3.63, 3.8) is 0 Å². The molecule has 0 aliphatic heterocycles. The van der Waals surface area contributed by atoms with Gasteiger partial charge < -0.3 is 15.4 Å². The minimum Gasteiger partial charge on any atom is -0.482 e. The summed E-state index contributed by atoms with van der Waals surface area (Å²) in [6.45, 7) is 3.53. The monoisotopic (exact) mass is 527 g/mol. The molecule has 0 fully saturated rings. The summed E-state index contributed by atoms with van der Waals surface area (Å²) in [6, 6.07) is 15.8. The highest BCUT2D eigenvalue weighted by Gasteiger charge is 2.30. The summed E-state index contributed by atoms with van der Waals surface area (Å²) in [5, 5.41) is 14.5. The molecule has 0 saturated heterocycles. The van der Waals surface area contributed by atoms with Gasteiger partial charge in [-0.3, -0.25) is 9.59 Å². The standard InChI is InChI=1S/C27H21ClF3N3O3/c1-16-6-8-23(17(2)10-16)34-25(35)15-37-24-9-7-18(12-22(24)28)11-19(14-32)26(36)33-21-5-3-4-20(13-21)27(29,30)31/h3-13H,15H2,1-2H3,(H,33,36)(H,34,35)/b19-11+. The van der Waals surface area contributed by atoms with Crippen LogP contribution >= 0.6 is 11.6 Å². The fourth-order valence-corrected chi connectivity index (χ4v) is 3.54. The van der Waals surface area contributed by atoms with E-state index < -0.39 is 17.6 Å². The lowest BCUT2D eigenvalue weighted by atomic mass is 10.1. The van der Waals surface area contributed by atoms with Gasteiger partial charge in [0, 0.05) is 11.4 Å². The van der Waals surface area contributed by atoms with E-state index in [0.717, 1.165) is 29.3 Å². The van der Waals surface area contributed by atoms with E-state index in [2.05, 4.69) is 10.6 Å². The first-order valence-corrected chi connectivity index (χ1v) is 11.2. The van der Waals surface area contributed by atoms with Gasteiger partial charge >= 0.3 is 6.18 Å². The number of hydrogen-bond acceptors (Lipinski definition) is 4. The molecule has 3 aromatic carbocycles. The number of carbonyl (C=O) groups is 2.